The maximum Gasteiger partial charge on any atom is 0.398 e. The minimum absolute atomic E-state index is 0.00692. The Bertz CT molecular complexity index is 1580. The molecule has 2 heterocycles. The molecule has 2 aliphatic carbocycles. The van der Waals surface area contributed by atoms with Crippen LogP contribution in [0.2, 0.25) is 10.0 Å². The monoisotopic (exact) mass is 673 g/mol. The van der Waals surface area contributed by atoms with Crippen LogP contribution in [0.5, 0.6) is 0 Å². The van der Waals surface area contributed by atoms with Crippen LogP contribution in [0.25, 0.3) is 0 Å². The van der Waals surface area contributed by atoms with Gasteiger partial charge in [0.1, 0.15) is 5.54 Å². The summed E-state index contributed by atoms with van der Waals surface area (Å²) in [6.45, 7) is 0.589. The molecule has 3 fully saturated rings. The van der Waals surface area contributed by atoms with Crippen LogP contribution in [0.3, 0.4) is 0 Å². The number of carboxylic acids is 1. The fourth-order valence-corrected chi connectivity index (χ4v) is 7.52. The van der Waals surface area contributed by atoms with Crippen LogP contribution in [-0.2, 0) is 25.3 Å². The molecule has 7 nitrogen and oxygen atoms in total. The van der Waals surface area contributed by atoms with Gasteiger partial charge in [0.25, 0.3) is 5.92 Å². The molecule has 2 N–H and O–H groups in total. The smallest absolute Gasteiger partial charge is 0.398 e. The fraction of sp³-hybridized carbons (Fsp3) is 0.516. The molecule has 0 radical (unpaired) electrons. The molecule has 0 unspecified atom stereocenters. The van der Waals surface area contributed by atoms with E-state index in [-0.39, 0.29) is 57.9 Å². The number of likely N-dealkylation sites (tertiary alicyclic amines) is 1. The highest BCUT2D eigenvalue weighted by Crippen LogP contribution is 2.59. The third-order valence-electron chi connectivity index (χ3n) is 9.70. The maximum absolute atomic E-state index is 15.3. The van der Waals surface area contributed by atoms with Gasteiger partial charge >= 0.3 is 12.1 Å². The molecule has 2 aromatic carbocycles. The number of hydrogen-bond acceptors (Lipinski definition) is 4. The SMILES string of the molecule is C[C@@H](C(=O)N(CC1CC1)c1cccc(C2(C(F)(F)F)CC2)c1)[C@H]1CC(F)(F)CN1[C@@]1(CC(=O)O)C(=O)Nc2c(Cl)cc(Cl)cc21. The van der Waals surface area contributed by atoms with Gasteiger partial charge in [-0.2, -0.15) is 13.2 Å². The number of aliphatic carboxylic acids is 1. The van der Waals surface area contributed by atoms with E-state index in [1.54, 1.807) is 0 Å². The Morgan fingerprint density at radius 2 is 1.84 bits per heavy atom. The van der Waals surface area contributed by atoms with Crippen molar-refractivity contribution >= 4 is 52.4 Å². The van der Waals surface area contributed by atoms with Gasteiger partial charge in [-0.1, -0.05) is 42.3 Å². The highest BCUT2D eigenvalue weighted by molar-refractivity contribution is 6.38. The molecule has 0 bridgehead atoms. The molecule has 2 saturated carbocycles. The number of carbonyl (C=O) groups excluding carboxylic acids is 2. The first kappa shape index (κ1) is 32.0. The molecule has 2 aromatic rings. The number of hydrogen-bond donors (Lipinski definition) is 2. The summed E-state index contributed by atoms with van der Waals surface area (Å²) in [5.74, 6) is -7.47. The second-order valence-corrected chi connectivity index (χ2v) is 13.6. The maximum atomic E-state index is 15.3. The molecule has 1 saturated heterocycles. The van der Waals surface area contributed by atoms with E-state index >= 15 is 8.78 Å². The molecule has 45 heavy (non-hydrogen) atoms. The quantitative estimate of drug-likeness (QED) is 0.280. The highest BCUT2D eigenvalue weighted by atomic mass is 35.5. The minimum Gasteiger partial charge on any atom is -0.481 e. The van der Waals surface area contributed by atoms with Crippen LogP contribution < -0.4 is 10.2 Å². The van der Waals surface area contributed by atoms with Gasteiger partial charge in [0.2, 0.25) is 11.8 Å². The van der Waals surface area contributed by atoms with Gasteiger partial charge in [-0.15, -0.1) is 0 Å². The predicted molar refractivity (Wildman–Crippen MR) is 157 cm³/mol. The second kappa shape index (κ2) is 10.8. The largest absolute Gasteiger partial charge is 0.481 e. The van der Waals surface area contributed by atoms with Crippen LogP contribution in [0.4, 0.5) is 33.3 Å². The molecule has 14 heteroatoms. The van der Waals surface area contributed by atoms with Crippen LogP contribution in [0.15, 0.2) is 36.4 Å². The molecule has 2 amide bonds. The molecular formula is C31H30Cl2F5N3O4. The molecule has 0 aromatic heterocycles. The number of alkyl halides is 5. The predicted octanol–water partition coefficient (Wildman–Crippen LogP) is 7.00. The standard InChI is InChI=1S/C31H30Cl2F5N3O4/c1-16(26(44)40(14-17-5-6-17)20-4-2-3-18(9-20)28(7-8-28)31(36,37)38)23-12-29(34,35)15-41(23)30(13-24(42)43)21-10-19(32)11-22(33)25(21)39-27(30)45/h2-4,9-11,16-17,23H,5-8,12-15H2,1H3,(H,39,45)(H,42,43)/t16-,23-,30-/m1/s1. The summed E-state index contributed by atoms with van der Waals surface area (Å²) in [5, 5.41) is 12.5. The number of amides is 2. The van der Waals surface area contributed by atoms with Crippen molar-refractivity contribution in [1.29, 1.82) is 0 Å². The summed E-state index contributed by atoms with van der Waals surface area (Å²) in [7, 11) is 0. The third kappa shape index (κ3) is 5.46. The normalized spacial score (nSPS) is 25.9. The van der Waals surface area contributed by atoms with Crippen molar-refractivity contribution in [1.82, 2.24) is 4.90 Å². The zero-order valence-electron chi connectivity index (χ0n) is 24.1. The number of nitrogens with one attached hydrogen (secondary N) is 1. The number of carbonyl (C=O) groups is 3. The molecule has 2 aliphatic heterocycles. The lowest BCUT2D eigenvalue weighted by Crippen LogP contribution is -2.57. The summed E-state index contributed by atoms with van der Waals surface area (Å²) >= 11 is 12.5. The van der Waals surface area contributed by atoms with Crippen LogP contribution in [0.1, 0.15) is 56.6 Å². The number of carboxylic acid groups (broad SMARTS) is 1. The Hall–Kier alpha value is -2.96. The number of halogens is 7. The summed E-state index contributed by atoms with van der Waals surface area (Å²) in [6.07, 6.45) is -4.76. The number of rotatable bonds is 9. The fourth-order valence-electron chi connectivity index (χ4n) is 6.98. The second-order valence-electron chi connectivity index (χ2n) is 12.8. The molecule has 0 spiro atoms. The van der Waals surface area contributed by atoms with Gasteiger partial charge in [0.15, 0.2) is 0 Å². The van der Waals surface area contributed by atoms with E-state index in [1.807, 2.05) is 0 Å². The zero-order valence-corrected chi connectivity index (χ0v) is 25.6. The zero-order chi connectivity index (χ0) is 32.7. The van der Waals surface area contributed by atoms with E-state index in [4.69, 9.17) is 23.2 Å². The Labute approximate surface area is 265 Å². The first-order valence-electron chi connectivity index (χ1n) is 14.7. The highest BCUT2D eigenvalue weighted by Gasteiger charge is 2.65. The van der Waals surface area contributed by atoms with Gasteiger partial charge in [-0.05, 0) is 61.4 Å². The van der Waals surface area contributed by atoms with Crippen molar-refractivity contribution in [2.75, 3.05) is 23.3 Å². The Kier molecular flexibility index (Phi) is 7.68. The average molecular weight is 674 g/mol. The van der Waals surface area contributed by atoms with Gasteiger partial charge in [0, 0.05) is 35.3 Å². The summed E-state index contributed by atoms with van der Waals surface area (Å²) < 4.78 is 72.5. The van der Waals surface area contributed by atoms with Crippen molar-refractivity contribution in [2.24, 2.45) is 11.8 Å². The third-order valence-corrected chi connectivity index (χ3v) is 10.2. The van der Waals surface area contributed by atoms with Crippen molar-refractivity contribution in [3.05, 3.63) is 57.6 Å². The van der Waals surface area contributed by atoms with E-state index < -0.39 is 72.2 Å². The van der Waals surface area contributed by atoms with Gasteiger partial charge in [0.05, 0.1) is 35.0 Å². The van der Waals surface area contributed by atoms with Gasteiger partial charge in [-0.25, -0.2) is 8.78 Å². The molecule has 6 rings (SSSR count). The molecule has 242 valence electrons. The Morgan fingerprint density at radius 3 is 2.44 bits per heavy atom. The van der Waals surface area contributed by atoms with Gasteiger partial charge in [-0.3, -0.25) is 19.3 Å². The Balaban J connectivity index is 1.40. The van der Waals surface area contributed by atoms with Crippen molar-refractivity contribution in [3.63, 3.8) is 0 Å². The van der Waals surface area contributed by atoms with E-state index in [9.17, 15) is 32.7 Å². The lowest BCUT2D eigenvalue weighted by atomic mass is 9.83. The van der Waals surface area contributed by atoms with Gasteiger partial charge < -0.3 is 15.3 Å². The van der Waals surface area contributed by atoms with E-state index in [1.165, 1.54) is 48.2 Å². The number of benzene rings is 2. The Morgan fingerprint density at radius 1 is 1.16 bits per heavy atom. The van der Waals surface area contributed by atoms with Crippen molar-refractivity contribution in [2.45, 2.75) is 74.5 Å². The first-order chi connectivity index (χ1) is 21.0. The first-order valence-corrected chi connectivity index (χ1v) is 15.4. The minimum atomic E-state index is -4.47. The number of anilines is 2. The summed E-state index contributed by atoms with van der Waals surface area (Å²) in [6, 6.07) is 7.04. The number of nitrogens with zero attached hydrogens (tertiary/aromatic N) is 2. The average Bonchev–Trinajstić information content (AvgIpc) is 3.87. The van der Waals surface area contributed by atoms with E-state index in [2.05, 4.69) is 5.32 Å². The van der Waals surface area contributed by atoms with Crippen LogP contribution in [0, 0.1) is 11.8 Å². The summed E-state index contributed by atoms with van der Waals surface area (Å²) in [5.41, 5.74) is -3.82. The molecule has 4 aliphatic rings. The van der Waals surface area contributed by atoms with Crippen LogP contribution >= 0.6 is 23.2 Å². The summed E-state index contributed by atoms with van der Waals surface area (Å²) in [4.78, 5) is 42.6. The molecule has 3 atom stereocenters. The lowest BCUT2D eigenvalue weighted by Gasteiger charge is -2.42. The van der Waals surface area contributed by atoms with Crippen molar-refractivity contribution < 1.29 is 41.4 Å². The number of fused-ring (bicyclic) bond motifs is 1. The molecular weight excluding hydrogens is 644 g/mol. The topological polar surface area (TPSA) is 90.0 Å². The van der Waals surface area contributed by atoms with E-state index in [0.29, 0.717) is 0 Å². The lowest BCUT2D eigenvalue weighted by molar-refractivity contribution is -0.160. The van der Waals surface area contributed by atoms with Crippen molar-refractivity contribution in [3.8, 4) is 0 Å². The van der Waals surface area contributed by atoms with E-state index in [0.717, 1.165) is 17.7 Å². The van der Waals surface area contributed by atoms with Crippen LogP contribution in [-0.4, -0.2) is 59.0 Å².